The van der Waals surface area contributed by atoms with E-state index in [0.717, 1.165) is 18.7 Å². The third-order valence-electron chi connectivity index (χ3n) is 3.27. The first-order valence-corrected chi connectivity index (χ1v) is 6.04. The number of aliphatic hydroxyl groups is 1. The molecule has 0 bridgehead atoms. The number of ether oxygens (including phenoxy) is 1. The van der Waals surface area contributed by atoms with E-state index in [2.05, 4.69) is 4.90 Å². The van der Waals surface area contributed by atoms with Crippen LogP contribution in [-0.2, 0) is 0 Å². The lowest BCUT2D eigenvalue weighted by atomic mass is 10.1. The minimum absolute atomic E-state index is 0.471. The van der Waals surface area contributed by atoms with Gasteiger partial charge >= 0.3 is 0 Å². The molecule has 1 aliphatic rings. The molecule has 3 N–H and O–H groups in total. The molecule has 1 atom stereocenters. The average Bonchev–Trinajstić information content (AvgIpc) is 2.81. The summed E-state index contributed by atoms with van der Waals surface area (Å²) in [7, 11) is 1.59. The van der Waals surface area contributed by atoms with Crippen LogP contribution in [0.5, 0.6) is 5.75 Å². The zero-order chi connectivity index (χ0) is 12.3. The maximum Gasteiger partial charge on any atom is 0.141 e. The van der Waals surface area contributed by atoms with E-state index in [1.165, 1.54) is 12.8 Å². The predicted molar refractivity (Wildman–Crippen MR) is 68.0 cm³/mol. The molecule has 1 fully saturated rings. The Balaban J connectivity index is 2.02. The minimum atomic E-state index is -0.471. The van der Waals surface area contributed by atoms with Gasteiger partial charge in [0.1, 0.15) is 5.75 Å². The third-order valence-corrected chi connectivity index (χ3v) is 3.27. The number of aliphatic hydroxyl groups excluding tert-OH is 1. The van der Waals surface area contributed by atoms with Gasteiger partial charge in [-0.05, 0) is 43.6 Å². The zero-order valence-electron chi connectivity index (χ0n) is 10.2. The second kappa shape index (κ2) is 5.38. The van der Waals surface area contributed by atoms with E-state index < -0.39 is 6.10 Å². The molecule has 1 unspecified atom stereocenters. The van der Waals surface area contributed by atoms with E-state index in [0.29, 0.717) is 18.0 Å². The van der Waals surface area contributed by atoms with Gasteiger partial charge in [0.05, 0.1) is 18.9 Å². The molecule has 1 aromatic carbocycles. The molecule has 2 rings (SSSR count). The number of hydrogen-bond donors (Lipinski definition) is 2. The van der Waals surface area contributed by atoms with E-state index in [9.17, 15) is 5.11 Å². The summed E-state index contributed by atoms with van der Waals surface area (Å²) in [5, 5.41) is 10.1. The summed E-state index contributed by atoms with van der Waals surface area (Å²) in [5.41, 5.74) is 7.26. The van der Waals surface area contributed by atoms with Crippen molar-refractivity contribution in [1.82, 2.24) is 4.90 Å². The average molecular weight is 236 g/mol. The van der Waals surface area contributed by atoms with Gasteiger partial charge in [0.25, 0.3) is 0 Å². The Kier molecular flexibility index (Phi) is 3.86. The summed E-state index contributed by atoms with van der Waals surface area (Å²) >= 11 is 0. The van der Waals surface area contributed by atoms with Crippen LogP contribution in [0.15, 0.2) is 18.2 Å². The maximum absolute atomic E-state index is 10.1. The van der Waals surface area contributed by atoms with Crippen molar-refractivity contribution < 1.29 is 9.84 Å². The van der Waals surface area contributed by atoms with E-state index >= 15 is 0 Å². The van der Waals surface area contributed by atoms with Gasteiger partial charge in [0.15, 0.2) is 0 Å². The van der Waals surface area contributed by atoms with Crippen molar-refractivity contribution in [3.8, 4) is 5.75 Å². The fraction of sp³-hybridized carbons (Fsp3) is 0.538. The largest absolute Gasteiger partial charge is 0.495 e. The normalized spacial score (nSPS) is 18.2. The van der Waals surface area contributed by atoms with Crippen LogP contribution in [0.25, 0.3) is 0 Å². The highest BCUT2D eigenvalue weighted by molar-refractivity contribution is 5.54. The smallest absolute Gasteiger partial charge is 0.141 e. The second-order valence-electron chi connectivity index (χ2n) is 4.52. The monoisotopic (exact) mass is 236 g/mol. The molecule has 0 aliphatic carbocycles. The standard InChI is InChI=1S/C13H20N2O2/c1-17-13-5-4-10(8-11(13)14)12(16)9-15-6-2-3-7-15/h4-5,8,12,16H,2-3,6-7,9,14H2,1H3. The maximum atomic E-state index is 10.1. The fourth-order valence-electron chi connectivity index (χ4n) is 2.28. The number of hydrogen-bond acceptors (Lipinski definition) is 4. The van der Waals surface area contributed by atoms with Crippen molar-refractivity contribution in [3.05, 3.63) is 23.8 Å². The SMILES string of the molecule is COc1ccc(C(O)CN2CCCC2)cc1N. The van der Waals surface area contributed by atoms with Crippen LogP contribution in [0.2, 0.25) is 0 Å². The summed E-state index contributed by atoms with van der Waals surface area (Å²) in [6.07, 6.45) is 2.00. The molecule has 0 aromatic heterocycles. The highest BCUT2D eigenvalue weighted by Gasteiger charge is 2.17. The number of nitrogens with two attached hydrogens (primary N) is 1. The quantitative estimate of drug-likeness (QED) is 0.776. The highest BCUT2D eigenvalue weighted by atomic mass is 16.5. The Morgan fingerprint density at radius 3 is 2.71 bits per heavy atom. The molecule has 0 radical (unpaired) electrons. The molecule has 4 nitrogen and oxygen atoms in total. The van der Waals surface area contributed by atoms with Gasteiger partial charge in [-0.2, -0.15) is 0 Å². The van der Waals surface area contributed by atoms with Crippen LogP contribution in [0.1, 0.15) is 24.5 Å². The molecule has 4 heteroatoms. The van der Waals surface area contributed by atoms with Gasteiger partial charge in [-0.3, -0.25) is 0 Å². The molecule has 0 amide bonds. The Bertz CT molecular complexity index is 376. The summed E-state index contributed by atoms with van der Waals surface area (Å²) in [6, 6.07) is 5.47. The predicted octanol–water partition coefficient (Wildman–Crippen LogP) is 1.41. The van der Waals surface area contributed by atoms with Crippen LogP contribution >= 0.6 is 0 Å². The molecule has 0 spiro atoms. The molecule has 1 saturated heterocycles. The molecule has 0 saturated carbocycles. The Labute approximate surface area is 102 Å². The van der Waals surface area contributed by atoms with E-state index in [4.69, 9.17) is 10.5 Å². The van der Waals surface area contributed by atoms with E-state index in [1.807, 2.05) is 6.07 Å². The van der Waals surface area contributed by atoms with Gasteiger partial charge in [-0.1, -0.05) is 6.07 Å². The van der Waals surface area contributed by atoms with Crippen molar-refractivity contribution in [2.75, 3.05) is 32.5 Å². The number of rotatable bonds is 4. The molecular weight excluding hydrogens is 216 g/mol. The van der Waals surface area contributed by atoms with Gasteiger partial charge in [0, 0.05) is 6.54 Å². The van der Waals surface area contributed by atoms with Crippen LogP contribution in [0.4, 0.5) is 5.69 Å². The zero-order valence-corrected chi connectivity index (χ0v) is 10.2. The highest BCUT2D eigenvalue weighted by Crippen LogP contribution is 2.26. The summed E-state index contributed by atoms with van der Waals surface area (Å²) in [6.45, 7) is 2.86. The Morgan fingerprint density at radius 1 is 1.41 bits per heavy atom. The first kappa shape index (κ1) is 12.2. The first-order chi connectivity index (χ1) is 8.20. The topological polar surface area (TPSA) is 58.7 Å². The van der Waals surface area contributed by atoms with Gasteiger partial charge < -0.3 is 20.5 Å². The Morgan fingerprint density at radius 2 is 2.12 bits per heavy atom. The first-order valence-electron chi connectivity index (χ1n) is 6.04. The molecule has 1 aromatic rings. The number of benzene rings is 1. The number of anilines is 1. The van der Waals surface area contributed by atoms with Crippen LogP contribution in [0, 0.1) is 0 Å². The van der Waals surface area contributed by atoms with Crippen LogP contribution < -0.4 is 10.5 Å². The number of methoxy groups -OCH3 is 1. The van der Waals surface area contributed by atoms with Crippen LogP contribution in [-0.4, -0.2) is 36.8 Å². The minimum Gasteiger partial charge on any atom is -0.495 e. The molecule has 1 aliphatic heterocycles. The van der Waals surface area contributed by atoms with Crippen molar-refractivity contribution in [2.45, 2.75) is 18.9 Å². The second-order valence-corrected chi connectivity index (χ2v) is 4.52. The number of likely N-dealkylation sites (tertiary alicyclic amines) is 1. The lowest BCUT2D eigenvalue weighted by Crippen LogP contribution is -2.25. The number of nitrogen functional groups attached to an aromatic ring is 1. The van der Waals surface area contributed by atoms with E-state index in [1.54, 1.807) is 19.2 Å². The van der Waals surface area contributed by atoms with Gasteiger partial charge in [-0.15, -0.1) is 0 Å². The molecular formula is C13H20N2O2. The van der Waals surface area contributed by atoms with Crippen LogP contribution in [0.3, 0.4) is 0 Å². The van der Waals surface area contributed by atoms with Crippen molar-refractivity contribution >= 4 is 5.69 Å². The summed E-state index contributed by atoms with van der Waals surface area (Å²) in [4.78, 5) is 2.28. The number of nitrogens with zero attached hydrogens (tertiary/aromatic N) is 1. The van der Waals surface area contributed by atoms with Crippen molar-refractivity contribution in [3.63, 3.8) is 0 Å². The molecule has 17 heavy (non-hydrogen) atoms. The third kappa shape index (κ3) is 2.90. The molecule has 94 valence electrons. The van der Waals surface area contributed by atoms with E-state index in [-0.39, 0.29) is 0 Å². The van der Waals surface area contributed by atoms with Gasteiger partial charge in [0.2, 0.25) is 0 Å². The Hall–Kier alpha value is -1.26. The lowest BCUT2D eigenvalue weighted by molar-refractivity contribution is 0.126. The summed E-state index contributed by atoms with van der Waals surface area (Å²) in [5.74, 6) is 0.655. The number of β-amino-alcohol motifs (C(OH)–C–C–N with tert-alkyl or cyclic N) is 1. The van der Waals surface area contributed by atoms with Crippen molar-refractivity contribution in [2.24, 2.45) is 0 Å². The fourth-order valence-corrected chi connectivity index (χ4v) is 2.28. The van der Waals surface area contributed by atoms with Gasteiger partial charge in [-0.25, -0.2) is 0 Å². The summed E-state index contributed by atoms with van der Waals surface area (Å²) < 4.78 is 5.10. The molecule has 1 heterocycles. The van der Waals surface area contributed by atoms with Crippen molar-refractivity contribution in [1.29, 1.82) is 0 Å². The lowest BCUT2D eigenvalue weighted by Gasteiger charge is -2.20.